The topological polar surface area (TPSA) is 38.9 Å². The van der Waals surface area contributed by atoms with Gasteiger partial charge >= 0.3 is 6.18 Å². The van der Waals surface area contributed by atoms with Crippen LogP contribution in [0.5, 0.6) is 0 Å². The van der Waals surface area contributed by atoms with Crippen molar-refractivity contribution >= 4 is 39.0 Å². The third kappa shape index (κ3) is 3.50. The molecule has 7 heteroatoms. The number of nitrogens with two attached hydrogens (primary N) is 1. The van der Waals surface area contributed by atoms with Gasteiger partial charge in [0.25, 0.3) is 0 Å². The number of hydrogen-bond donors (Lipinski definition) is 1. The number of rotatable bonds is 3. The minimum atomic E-state index is -4.10. The van der Waals surface area contributed by atoms with E-state index >= 15 is 0 Å². The number of hydrogen-bond acceptors (Lipinski definition) is 4. The van der Waals surface area contributed by atoms with Crippen molar-refractivity contribution < 1.29 is 13.2 Å². The molecule has 0 unspecified atom stereocenters. The zero-order valence-electron chi connectivity index (χ0n) is 8.62. The summed E-state index contributed by atoms with van der Waals surface area (Å²) in [6.07, 6.45) is -4.90. The molecule has 2 aromatic rings. The standard InChI is InChI=1S/C10H9F3N2S2/c11-10(12,13)3-4-16-9-15-7-2-1-6(14)5-8(7)17-9/h1-2,5H,3-4,14H2. The largest absolute Gasteiger partial charge is 0.399 e. The minimum absolute atomic E-state index is 0.00119. The molecule has 0 fully saturated rings. The van der Waals surface area contributed by atoms with Crippen molar-refractivity contribution in [3.8, 4) is 0 Å². The molecule has 2 nitrogen and oxygen atoms in total. The normalized spacial score (nSPS) is 12.2. The van der Waals surface area contributed by atoms with Crippen LogP contribution in [-0.4, -0.2) is 16.9 Å². The molecule has 1 heterocycles. The Bertz CT molecular complexity index is 522. The van der Waals surface area contributed by atoms with Gasteiger partial charge in [0.05, 0.1) is 16.6 Å². The quantitative estimate of drug-likeness (QED) is 0.683. The van der Waals surface area contributed by atoms with Gasteiger partial charge in [0.2, 0.25) is 0 Å². The Balaban J connectivity index is 2.05. The summed E-state index contributed by atoms with van der Waals surface area (Å²) in [6, 6.07) is 5.28. The van der Waals surface area contributed by atoms with Gasteiger partial charge in [0.15, 0.2) is 4.34 Å². The summed E-state index contributed by atoms with van der Waals surface area (Å²) in [5.74, 6) is -0.00119. The van der Waals surface area contributed by atoms with E-state index in [1.54, 1.807) is 18.2 Å². The van der Waals surface area contributed by atoms with Gasteiger partial charge in [-0.25, -0.2) is 4.98 Å². The lowest BCUT2D eigenvalue weighted by molar-refractivity contribution is -0.129. The average Bonchev–Trinajstić information content (AvgIpc) is 2.57. The number of aromatic nitrogens is 1. The van der Waals surface area contributed by atoms with Gasteiger partial charge in [-0.05, 0) is 18.2 Å². The first-order valence-electron chi connectivity index (χ1n) is 4.80. The second-order valence-corrected chi connectivity index (χ2v) is 5.79. The molecule has 0 aliphatic carbocycles. The van der Waals surface area contributed by atoms with Crippen molar-refractivity contribution in [2.75, 3.05) is 11.5 Å². The fourth-order valence-electron chi connectivity index (χ4n) is 1.24. The lowest BCUT2D eigenvalue weighted by atomic mass is 10.3. The van der Waals surface area contributed by atoms with Crippen molar-refractivity contribution in [2.24, 2.45) is 0 Å². The van der Waals surface area contributed by atoms with Crippen molar-refractivity contribution in [2.45, 2.75) is 16.9 Å². The summed E-state index contributed by atoms with van der Waals surface area (Å²) in [5.41, 5.74) is 7.02. The number of benzene rings is 1. The van der Waals surface area contributed by atoms with Crippen molar-refractivity contribution in [3.63, 3.8) is 0 Å². The van der Waals surface area contributed by atoms with E-state index in [4.69, 9.17) is 5.73 Å². The molecule has 17 heavy (non-hydrogen) atoms. The molecule has 1 aromatic carbocycles. The summed E-state index contributed by atoms with van der Waals surface area (Å²) in [6.45, 7) is 0. The maximum atomic E-state index is 12.0. The number of anilines is 1. The molecule has 0 atom stereocenters. The van der Waals surface area contributed by atoms with Crippen LogP contribution in [0.2, 0.25) is 0 Å². The van der Waals surface area contributed by atoms with Crippen LogP contribution < -0.4 is 5.73 Å². The number of thioether (sulfide) groups is 1. The number of thiazole rings is 1. The van der Waals surface area contributed by atoms with E-state index in [0.717, 1.165) is 22.0 Å². The fourth-order valence-corrected chi connectivity index (χ4v) is 3.41. The van der Waals surface area contributed by atoms with Gasteiger partial charge in [0.1, 0.15) is 0 Å². The van der Waals surface area contributed by atoms with Gasteiger partial charge in [-0.1, -0.05) is 11.8 Å². The number of nitrogen functional groups attached to an aromatic ring is 1. The molecule has 2 N–H and O–H groups in total. The van der Waals surface area contributed by atoms with Crippen LogP contribution in [0.4, 0.5) is 18.9 Å². The molecule has 0 saturated carbocycles. The van der Waals surface area contributed by atoms with E-state index in [0.29, 0.717) is 10.0 Å². The van der Waals surface area contributed by atoms with Crippen LogP contribution in [0.15, 0.2) is 22.5 Å². The number of fused-ring (bicyclic) bond motifs is 1. The lowest BCUT2D eigenvalue weighted by Gasteiger charge is -2.03. The predicted molar refractivity (Wildman–Crippen MR) is 65.4 cm³/mol. The van der Waals surface area contributed by atoms with Crippen molar-refractivity contribution in [3.05, 3.63) is 18.2 Å². The van der Waals surface area contributed by atoms with Gasteiger partial charge in [-0.15, -0.1) is 11.3 Å². The third-order valence-electron chi connectivity index (χ3n) is 2.00. The Morgan fingerprint density at radius 2 is 2.12 bits per heavy atom. The highest BCUT2D eigenvalue weighted by atomic mass is 32.2. The first kappa shape index (κ1) is 12.5. The molecule has 0 spiro atoms. The van der Waals surface area contributed by atoms with Gasteiger partial charge in [-0.3, -0.25) is 0 Å². The fraction of sp³-hybridized carbons (Fsp3) is 0.300. The second-order valence-electron chi connectivity index (χ2n) is 3.42. The van der Waals surface area contributed by atoms with E-state index in [2.05, 4.69) is 4.98 Å². The Hall–Kier alpha value is -0.950. The number of nitrogens with zero attached hydrogens (tertiary/aromatic N) is 1. The molecule has 0 amide bonds. The highest BCUT2D eigenvalue weighted by Gasteiger charge is 2.26. The summed E-state index contributed by atoms with van der Waals surface area (Å²) in [7, 11) is 0. The van der Waals surface area contributed by atoms with E-state index in [-0.39, 0.29) is 5.75 Å². The first-order valence-corrected chi connectivity index (χ1v) is 6.60. The number of alkyl halides is 3. The highest BCUT2D eigenvalue weighted by Crippen LogP contribution is 2.32. The molecular weight excluding hydrogens is 269 g/mol. The molecule has 0 aliphatic rings. The van der Waals surface area contributed by atoms with Gasteiger partial charge in [-0.2, -0.15) is 13.2 Å². The highest BCUT2D eigenvalue weighted by molar-refractivity contribution is 8.01. The molecule has 92 valence electrons. The molecule has 0 bridgehead atoms. The van der Waals surface area contributed by atoms with E-state index in [9.17, 15) is 13.2 Å². The predicted octanol–water partition coefficient (Wildman–Crippen LogP) is 3.92. The van der Waals surface area contributed by atoms with Crippen molar-refractivity contribution in [1.29, 1.82) is 0 Å². The maximum Gasteiger partial charge on any atom is 0.389 e. The molecular formula is C10H9F3N2S2. The number of halogens is 3. The molecule has 0 radical (unpaired) electrons. The van der Waals surface area contributed by atoms with Crippen LogP contribution in [0.1, 0.15) is 6.42 Å². The Labute approximate surface area is 104 Å². The van der Waals surface area contributed by atoms with E-state index in [1.807, 2.05) is 0 Å². The summed E-state index contributed by atoms with van der Waals surface area (Å²) in [5, 5.41) is 0. The monoisotopic (exact) mass is 278 g/mol. The zero-order chi connectivity index (χ0) is 12.5. The zero-order valence-corrected chi connectivity index (χ0v) is 10.3. The Morgan fingerprint density at radius 1 is 1.35 bits per heavy atom. The van der Waals surface area contributed by atoms with Gasteiger partial charge in [0, 0.05) is 11.4 Å². The van der Waals surface area contributed by atoms with E-state index < -0.39 is 12.6 Å². The Morgan fingerprint density at radius 3 is 2.82 bits per heavy atom. The summed E-state index contributed by atoms with van der Waals surface area (Å²) >= 11 is 2.49. The minimum Gasteiger partial charge on any atom is -0.399 e. The first-order chi connectivity index (χ1) is 7.94. The third-order valence-corrected chi connectivity index (χ3v) is 4.17. The molecule has 0 saturated heterocycles. The van der Waals surface area contributed by atoms with Crippen LogP contribution in [-0.2, 0) is 0 Å². The molecule has 1 aromatic heterocycles. The summed E-state index contributed by atoms with van der Waals surface area (Å²) < 4.78 is 37.5. The van der Waals surface area contributed by atoms with E-state index in [1.165, 1.54) is 11.3 Å². The van der Waals surface area contributed by atoms with Crippen LogP contribution in [0, 0.1) is 0 Å². The lowest BCUT2D eigenvalue weighted by Crippen LogP contribution is -2.07. The SMILES string of the molecule is Nc1ccc2nc(SCCC(F)(F)F)sc2c1. The molecule has 0 aliphatic heterocycles. The maximum absolute atomic E-state index is 12.0. The summed E-state index contributed by atoms with van der Waals surface area (Å²) in [4.78, 5) is 4.23. The second kappa shape index (κ2) is 4.73. The van der Waals surface area contributed by atoms with Crippen LogP contribution in [0.25, 0.3) is 10.2 Å². The molecule has 2 rings (SSSR count). The van der Waals surface area contributed by atoms with Gasteiger partial charge < -0.3 is 5.73 Å². The van der Waals surface area contributed by atoms with Crippen LogP contribution >= 0.6 is 23.1 Å². The van der Waals surface area contributed by atoms with Crippen LogP contribution in [0.3, 0.4) is 0 Å². The average molecular weight is 278 g/mol. The van der Waals surface area contributed by atoms with Crippen molar-refractivity contribution in [1.82, 2.24) is 4.98 Å². The smallest absolute Gasteiger partial charge is 0.389 e. The Kier molecular flexibility index (Phi) is 3.48.